The molecule has 1 aromatic heterocycles. The number of para-hydroxylation sites is 1. The van der Waals surface area contributed by atoms with Crippen molar-refractivity contribution in [3.05, 3.63) is 64.4 Å². The summed E-state index contributed by atoms with van der Waals surface area (Å²) in [6.07, 6.45) is 0. The summed E-state index contributed by atoms with van der Waals surface area (Å²) in [6.45, 7) is 3.57. The van der Waals surface area contributed by atoms with Crippen LogP contribution < -0.4 is 16.2 Å². The number of rotatable bonds is 4. The number of thioether (sulfide) groups is 1. The van der Waals surface area contributed by atoms with Crippen LogP contribution in [0.25, 0.3) is 10.9 Å². The Morgan fingerprint density at radius 2 is 1.86 bits per heavy atom. The van der Waals surface area contributed by atoms with Gasteiger partial charge in [0, 0.05) is 12.7 Å². The molecule has 8 heteroatoms. The molecule has 0 aliphatic rings. The summed E-state index contributed by atoms with van der Waals surface area (Å²) in [5.74, 6) is -0.475. The zero-order valence-electron chi connectivity index (χ0n) is 15.7. The number of benzene rings is 2. The number of anilines is 1. The molecule has 0 saturated carbocycles. The lowest BCUT2D eigenvalue weighted by Crippen LogP contribution is -2.39. The van der Waals surface area contributed by atoms with E-state index in [0.717, 1.165) is 17.3 Å². The first kappa shape index (κ1) is 19.6. The van der Waals surface area contributed by atoms with E-state index in [1.807, 2.05) is 19.1 Å². The molecule has 2 aromatic carbocycles. The molecular formula is C20H20N4O3S. The smallest absolute Gasteiger partial charge is 0.308 e. The largest absolute Gasteiger partial charge is 0.325 e. The maximum absolute atomic E-state index is 12.6. The molecule has 1 unspecified atom stereocenters. The highest BCUT2D eigenvalue weighted by Crippen LogP contribution is 2.22. The molecule has 0 radical (unpaired) electrons. The molecule has 0 fully saturated rings. The lowest BCUT2D eigenvalue weighted by atomic mass is 10.2. The fourth-order valence-corrected chi connectivity index (χ4v) is 3.45. The summed E-state index contributed by atoms with van der Waals surface area (Å²) >= 11 is 1.12. The number of nitrogens with zero attached hydrogens (tertiary/aromatic N) is 2. The number of amides is 3. The van der Waals surface area contributed by atoms with Crippen LogP contribution in [-0.2, 0) is 11.8 Å². The standard InChI is InChI=1S/C20H20N4O3S/c1-12-9-10-16-15(11-12)18(26)24(3)20(22-16)28-13(2)17(25)23-19(27)21-14-7-5-4-6-8-14/h4-11,13H,1-3H3,(H2,21,23,25,27). The number of nitrogens with one attached hydrogen (secondary N) is 2. The van der Waals surface area contributed by atoms with E-state index in [-0.39, 0.29) is 5.56 Å². The van der Waals surface area contributed by atoms with Crippen LogP contribution in [0.2, 0.25) is 0 Å². The second-order valence-corrected chi connectivity index (χ2v) is 7.66. The summed E-state index contributed by atoms with van der Waals surface area (Å²) in [4.78, 5) is 41.4. The van der Waals surface area contributed by atoms with Crippen molar-refractivity contribution in [2.75, 3.05) is 5.32 Å². The molecule has 144 valence electrons. The minimum absolute atomic E-state index is 0.175. The molecule has 1 atom stereocenters. The van der Waals surface area contributed by atoms with Gasteiger partial charge < -0.3 is 5.32 Å². The van der Waals surface area contributed by atoms with Crippen LogP contribution in [0.4, 0.5) is 10.5 Å². The second kappa shape index (κ2) is 8.26. The maximum Gasteiger partial charge on any atom is 0.325 e. The molecule has 0 saturated heterocycles. The molecule has 3 aromatic rings. The van der Waals surface area contributed by atoms with Gasteiger partial charge in [0.2, 0.25) is 5.91 Å². The summed E-state index contributed by atoms with van der Waals surface area (Å²) in [5.41, 5.74) is 1.96. The van der Waals surface area contributed by atoms with Crippen molar-refractivity contribution in [1.29, 1.82) is 0 Å². The molecular weight excluding hydrogens is 376 g/mol. The van der Waals surface area contributed by atoms with Crippen molar-refractivity contribution in [2.24, 2.45) is 7.05 Å². The van der Waals surface area contributed by atoms with Crippen LogP contribution in [-0.4, -0.2) is 26.7 Å². The van der Waals surface area contributed by atoms with Crippen LogP contribution in [0.15, 0.2) is 58.5 Å². The highest BCUT2D eigenvalue weighted by Gasteiger charge is 2.20. The molecule has 0 aliphatic heterocycles. The molecule has 1 heterocycles. The van der Waals surface area contributed by atoms with E-state index < -0.39 is 17.2 Å². The Morgan fingerprint density at radius 1 is 1.14 bits per heavy atom. The second-order valence-electron chi connectivity index (χ2n) is 6.35. The molecule has 3 amide bonds. The number of hydrogen-bond donors (Lipinski definition) is 2. The predicted molar refractivity (Wildman–Crippen MR) is 111 cm³/mol. The van der Waals surface area contributed by atoms with Gasteiger partial charge in [0.1, 0.15) is 0 Å². The van der Waals surface area contributed by atoms with E-state index in [1.165, 1.54) is 4.57 Å². The highest BCUT2D eigenvalue weighted by molar-refractivity contribution is 8.00. The molecule has 0 spiro atoms. The molecule has 7 nitrogen and oxygen atoms in total. The number of fused-ring (bicyclic) bond motifs is 1. The third-order valence-electron chi connectivity index (χ3n) is 4.11. The number of hydrogen-bond acceptors (Lipinski definition) is 5. The third kappa shape index (κ3) is 4.40. The van der Waals surface area contributed by atoms with Gasteiger partial charge in [0.25, 0.3) is 5.56 Å². The Kier molecular flexibility index (Phi) is 5.79. The van der Waals surface area contributed by atoms with E-state index in [9.17, 15) is 14.4 Å². The Balaban J connectivity index is 1.71. The fraction of sp³-hybridized carbons (Fsp3) is 0.200. The minimum atomic E-state index is -0.623. The van der Waals surface area contributed by atoms with Crippen molar-refractivity contribution in [3.8, 4) is 0 Å². The number of imide groups is 1. The average Bonchev–Trinajstić information content (AvgIpc) is 2.67. The van der Waals surface area contributed by atoms with Crippen LogP contribution in [0, 0.1) is 6.92 Å². The van der Waals surface area contributed by atoms with Gasteiger partial charge in [-0.05, 0) is 38.1 Å². The maximum atomic E-state index is 12.6. The Hall–Kier alpha value is -3.13. The van der Waals surface area contributed by atoms with E-state index in [1.54, 1.807) is 50.4 Å². The topological polar surface area (TPSA) is 93.1 Å². The van der Waals surface area contributed by atoms with Crippen LogP contribution in [0.1, 0.15) is 12.5 Å². The van der Waals surface area contributed by atoms with Crippen molar-refractivity contribution in [3.63, 3.8) is 0 Å². The van der Waals surface area contributed by atoms with E-state index in [4.69, 9.17) is 0 Å². The zero-order valence-corrected chi connectivity index (χ0v) is 16.5. The molecule has 0 bridgehead atoms. The molecule has 3 rings (SSSR count). The van der Waals surface area contributed by atoms with Gasteiger partial charge in [-0.3, -0.25) is 19.5 Å². The first-order valence-corrected chi connectivity index (χ1v) is 9.54. The molecule has 2 N–H and O–H groups in total. The van der Waals surface area contributed by atoms with Gasteiger partial charge in [0.15, 0.2) is 5.16 Å². The van der Waals surface area contributed by atoms with Crippen LogP contribution in [0.5, 0.6) is 0 Å². The lowest BCUT2D eigenvalue weighted by molar-refractivity contribution is -0.119. The van der Waals surface area contributed by atoms with E-state index in [0.29, 0.717) is 21.7 Å². The first-order chi connectivity index (χ1) is 13.3. The molecule has 0 aliphatic carbocycles. The van der Waals surface area contributed by atoms with Gasteiger partial charge in [-0.1, -0.05) is 41.6 Å². The highest BCUT2D eigenvalue weighted by atomic mass is 32.2. The normalized spacial score (nSPS) is 11.8. The van der Waals surface area contributed by atoms with Crippen molar-refractivity contribution in [1.82, 2.24) is 14.9 Å². The zero-order chi connectivity index (χ0) is 20.3. The van der Waals surface area contributed by atoms with Gasteiger partial charge in [-0.25, -0.2) is 9.78 Å². The summed E-state index contributed by atoms with van der Waals surface area (Å²) in [5, 5.41) is 5.21. The van der Waals surface area contributed by atoms with Crippen molar-refractivity contribution < 1.29 is 9.59 Å². The van der Waals surface area contributed by atoms with Crippen LogP contribution >= 0.6 is 11.8 Å². The van der Waals surface area contributed by atoms with Gasteiger partial charge >= 0.3 is 6.03 Å². The van der Waals surface area contributed by atoms with Gasteiger partial charge in [0.05, 0.1) is 16.2 Å². The first-order valence-electron chi connectivity index (χ1n) is 8.66. The number of carbonyl (C=O) groups is 2. The van der Waals surface area contributed by atoms with Gasteiger partial charge in [-0.2, -0.15) is 0 Å². The van der Waals surface area contributed by atoms with Gasteiger partial charge in [-0.15, -0.1) is 0 Å². The number of aryl methyl sites for hydroxylation is 1. The SMILES string of the molecule is Cc1ccc2nc(SC(C)C(=O)NC(=O)Nc3ccccc3)n(C)c(=O)c2c1. The quantitative estimate of drug-likeness (QED) is 0.522. The number of carbonyl (C=O) groups excluding carboxylic acids is 2. The Morgan fingerprint density at radius 3 is 2.57 bits per heavy atom. The van der Waals surface area contributed by atoms with Crippen molar-refractivity contribution in [2.45, 2.75) is 24.3 Å². The van der Waals surface area contributed by atoms with Crippen molar-refractivity contribution >= 4 is 40.3 Å². The average molecular weight is 396 g/mol. The summed E-state index contributed by atoms with van der Waals surface area (Å²) in [7, 11) is 1.62. The molecule has 28 heavy (non-hydrogen) atoms. The predicted octanol–water partition coefficient (Wildman–Crippen LogP) is 3.07. The Labute approximate surface area is 166 Å². The minimum Gasteiger partial charge on any atom is -0.308 e. The van der Waals surface area contributed by atoms with E-state index in [2.05, 4.69) is 15.6 Å². The number of aromatic nitrogens is 2. The van der Waals surface area contributed by atoms with Crippen LogP contribution in [0.3, 0.4) is 0 Å². The van der Waals surface area contributed by atoms with E-state index >= 15 is 0 Å². The third-order valence-corrected chi connectivity index (χ3v) is 5.25. The number of urea groups is 1. The summed E-state index contributed by atoms with van der Waals surface area (Å²) < 4.78 is 1.42. The fourth-order valence-electron chi connectivity index (χ4n) is 2.58. The lowest BCUT2D eigenvalue weighted by Gasteiger charge is -2.14. The summed E-state index contributed by atoms with van der Waals surface area (Å²) in [6, 6.07) is 13.7. The Bertz CT molecular complexity index is 1100. The monoisotopic (exact) mass is 396 g/mol.